The fourth-order valence-electron chi connectivity index (χ4n) is 2.14. The second-order valence-electron chi connectivity index (χ2n) is 4.45. The van der Waals surface area contributed by atoms with Crippen LogP contribution in [0, 0.1) is 0 Å². The summed E-state index contributed by atoms with van der Waals surface area (Å²) in [6.07, 6.45) is 1.18. The number of hydrogen-bond donors (Lipinski definition) is 1. The van der Waals surface area contributed by atoms with Gasteiger partial charge in [-0.1, -0.05) is 32.0 Å². The number of nitrogens with one attached hydrogen (secondary N) is 1. The van der Waals surface area contributed by atoms with E-state index in [1.54, 1.807) is 0 Å². The van der Waals surface area contributed by atoms with E-state index < -0.39 is 0 Å². The number of anilines is 1. The summed E-state index contributed by atoms with van der Waals surface area (Å²) >= 11 is 0. The zero-order chi connectivity index (χ0) is 12.7. The Morgan fingerprint density at radius 2 is 1.88 bits per heavy atom. The van der Waals surface area contributed by atoms with Crippen molar-refractivity contribution in [1.82, 2.24) is 5.32 Å². The minimum atomic E-state index is 0.600. The van der Waals surface area contributed by atoms with Gasteiger partial charge in [-0.3, -0.25) is 0 Å². The van der Waals surface area contributed by atoms with Gasteiger partial charge in [-0.2, -0.15) is 0 Å². The van der Waals surface area contributed by atoms with Crippen LogP contribution in [-0.4, -0.2) is 19.1 Å². The zero-order valence-corrected chi connectivity index (χ0v) is 11.7. The van der Waals surface area contributed by atoms with Gasteiger partial charge in [-0.15, -0.1) is 0 Å². The summed E-state index contributed by atoms with van der Waals surface area (Å²) in [5, 5.41) is 3.41. The Morgan fingerprint density at radius 3 is 2.47 bits per heavy atom. The van der Waals surface area contributed by atoms with Gasteiger partial charge in [0, 0.05) is 24.8 Å². The lowest BCUT2D eigenvalue weighted by Gasteiger charge is -2.31. The monoisotopic (exact) mass is 234 g/mol. The van der Waals surface area contributed by atoms with Gasteiger partial charge in [0.25, 0.3) is 0 Å². The molecular formula is C15H26N2. The van der Waals surface area contributed by atoms with E-state index in [4.69, 9.17) is 0 Å². The molecule has 2 heteroatoms. The summed E-state index contributed by atoms with van der Waals surface area (Å²) in [5.74, 6) is 0. The van der Waals surface area contributed by atoms with Crippen molar-refractivity contribution in [2.45, 2.75) is 46.7 Å². The first-order valence-electron chi connectivity index (χ1n) is 6.79. The highest BCUT2D eigenvalue weighted by Crippen LogP contribution is 2.23. The molecule has 0 aliphatic heterocycles. The Hall–Kier alpha value is -1.02. The predicted octanol–water partition coefficient (Wildman–Crippen LogP) is 3.42. The molecule has 1 aromatic rings. The summed E-state index contributed by atoms with van der Waals surface area (Å²) in [6.45, 7) is 12.0. The zero-order valence-electron chi connectivity index (χ0n) is 11.7. The van der Waals surface area contributed by atoms with E-state index in [2.05, 4.69) is 62.2 Å². The van der Waals surface area contributed by atoms with Crippen LogP contribution < -0.4 is 10.2 Å². The lowest BCUT2D eigenvalue weighted by Crippen LogP contribution is -2.33. The predicted molar refractivity (Wildman–Crippen MR) is 76.6 cm³/mol. The molecule has 0 bridgehead atoms. The van der Waals surface area contributed by atoms with Crippen molar-refractivity contribution in [2.24, 2.45) is 0 Å². The highest BCUT2D eigenvalue weighted by molar-refractivity contribution is 5.54. The molecule has 96 valence electrons. The smallest absolute Gasteiger partial charge is 0.0414 e. The third-order valence-corrected chi connectivity index (χ3v) is 3.33. The average molecular weight is 234 g/mol. The molecule has 0 heterocycles. The maximum atomic E-state index is 3.41. The molecule has 1 aromatic carbocycles. The Labute approximate surface area is 106 Å². The number of nitrogens with zero attached hydrogens (tertiary/aromatic N) is 1. The molecule has 1 unspecified atom stereocenters. The van der Waals surface area contributed by atoms with Crippen LogP contribution in [0.4, 0.5) is 5.69 Å². The van der Waals surface area contributed by atoms with Crippen LogP contribution in [0.1, 0.15) is 39.7 Å². The Kier molecular flexibility index (Phi) is 6.06. The van der Waals surface area contributed by atoms with E-state index in [0.717, 1.165) is 19.6 Å². The fourth-order valence-corrected chi connectivity index (χ4v) is 2.14. The maximum absolute atomic E-state index is 3.41. The van der Waals surface area contributed by atoms with Crippen molar-refractivity contribution < 1.29 is 0 Å². The second-order valence-corrected chi connectivity index (χ2v) is 4.45. The molecule has 17 heavy (non-hydrogen) atoms. The van der Waals surface area contributed by atoms with E-state index in [-0.39, 0.29) is 0 Å². The van der Waals surface area contributed by atoms with Crippen LogP contribution in [0.5, 0.6) is 0 Å². The standard InChI is InChI=1S/C15H26N2/c1-5-13(4)17(7-3)15-11-9-8-10-14(15)12-16-6-2/h8-11,13,16H,5-7,12H2,1-4H3. The summed E-state index contributed by atoms with van der Waals surface area (Å²) in [7, 11) is 0. The summed E-state index contributed by atoms with van der Waals surface area (Å²) in [6, 6.07) is 9.32. The molecule has 1 N–H and O–H groups in total. The molecule has 0 radical (unpaired) electrons. The van der Waals surface area contributed by atoms with Gasteiger partial charge in [0.2, 0.25) is 0 Å². The van der Waals surface area contributed by atoms with Crippen molar-refractivity contribution in [2.75, 3.05) is 18.0 Å². The lowest BCUT2D eigenvalue weighted by atomic mass is 10.1. The van der Waals surface area contributed by atoms with Crippen molar-refractivity contribution in [1.29, 1.82) is 0 Å². The topological polar surface area (TPSA) is 15.3 Å². The molecule has 1 rings (SSSR count). The van der Waals surface area contributed by atoms with Gasteiger partial charge in [0.05, 0.1) is 0 Å². The normalized spacial score (nSPS) is 12.5. The minimum absolute atomic E-state index is 0.600. The van der Waals surface area contributed by atoms with Crippen LogP contribution in [-0.2, 0) is 6.54 Å². The van der Waals surface area contributed by atoms with Crippen LogP contribution >= 0.6 is 0 Å². The molecule has 0 aromatic heterocycles. The SMILES string of the molecule is CCNCc1ccccc1N(CC)C(C)CC. The largest absolute Gasteiger partial charge is 0.369 e. The van der Waals surface area contributed by atoms with Gasteiger partial charge in [-0.05, 0) is 38.4 Å². The molecule has 0 saturated carbocycles. The highest BCUT2D eigenvalue weighted by atomic mass is 15.2. The first-order valence-corrected chi connectivity index (χ1v) is 6.79. The Balaban J connectivity index is 2.93. The van der Waals surface area contributed by atoms with Gasteiger partial charge in [0.15, 0.2) is 0 Å². The summed E-state index contributed by atoms with van der Waals surface area (Å²) in [4.78, 5) is 2.49. The third kappa shape index (κ3) is 3.74. The average Bonchev–Trinajstić information content (AvgIpc) is 2.38. The van der Waals surface area contributed by atoms with Crippen LogP contribution in [0.3, 0.4) is 0 Å². The summed E-state index contributed by atoms with van der Waals surface area (Å²) in [5.41, 5.74) is 2.78. The van der Waals surface area contributed by atoms with Crippen molar-refractivity contribution in [3.8, 4) is 0 Å². The van der Waals surface area contributed by atoms with Crippen molar-refractivity contribution >= 4 is 5.69 Å². The fraction of sp³-hybridized carbons (Fsp3) is 0.600. The number of rotatable bonds is 7. The maximum Gasteiger partial charge on any atom is 0.0414 e. The third-order valence-electron chi connectivity index (χ3n) is 3.33. The molecular weight excluding hydrogens is 208 g/mol. The van der Waals surface area contributed by atoms with Crippen molar-refractivity contribution in [3.63, 3.8) is 0 Å². The Morgan fingerprint density at radius 1 is 1.18 bits per heavy atom. The lowest BCUT2D eigenvalue weighted by molar-refractivity contribution is 0.623. The van der Waals surface area contributed by atoms with Crippen LogP contribution in [0.15, 0.2) is 24.3 Å². The van der Waals surface area contributed by atoms with E-state index in [9.17, 15) is 0 Å². The van der Waals surface area contributed by atoms with Gasteiger partial charge in [0.1, 0.15) is 0 Å². The first kappa shape index (κ1) is 14.0. The van der Waals surface area contributed by atoms with Gasteiger partial charge < -0.3 is 10.2 Å². The van der Waals surface area contributed by atoms with E-state index >= 15 is 0 Å². The number of benzene rings is 1. The molecule has 0 saturated heterocycles. The van der Waals surface area contributed by atoms with Crippen LogP contribution in [0.2, 0.25) is 0 Å². The van der Waals surface area contributed by atoms with Crippen molar-refractivity contribution in [3.05, 3.63) is 29.8 Å². The highest BCUT2D eigenvalue weighted by Gasteiger charge is 2.13. The van der Waals surface area contributed by atoms with Crippen LogP contribution in [0.25, 0.3) is 0 Å². The van der Waals surface area contributed by atoms with Gasteiger partial charge >= 0.3 is 0 Å². The summed E-state index contributed by atoms with van der Waals surface area (Å²) < 4.78 is 0. The minimum Gasteiger partial charge on any atom is -0.369 e. The molecule has 0 aliphatic carbocycles. The quantitative estimate of drug-likeness (QED) is 0.777. The molecule has 0 amide bonds. The van der Waals surface area contributed by atoms with E-state index in [1.807, 2.05) is 0 Å². The number of hydrogen-bond acceptors (Lipinski definition) is 2. The molecule has 0 spiro atoms. The molecule has 2 nitrogen and oxygen atoms in total. The number of para-hydroxylation sites is 1. The van der Waals surface area contributed by atoms with E-state index in [0.29, 0.717) is 6.04 Å². The first-order chi connectivity index (χ1) is 8.24. The second kappa shape index (κ2) is 7.33. The van der Waals surface area contributed by atoms with E-state index in [1.165, 1.54) is 17.7 Å². The molecule has 0 fully saturated rings. The molecule has 1 atom stereocenters. The Bertz CT molecular complexity index is 322. The van der Waals surface area contributed by atoms with Gasteiger partial charge in [-0.25, -0.2) is 0 Å². The molecule has 0 aliphatic rings.